The van der Waals surface area contributed by atoms with E-state index in [-0.39, 0.29) is 18.2 Å². The number of hydrogen-bond acceptors (Lipinski definition) is 7. The molecule has 0 radical (unpaired) electrons. The molecule has 1 aromatic heterocycles. The highest BCUT2D eigenvalue weighted by Crippen LogP contribution is 2.38. The van der Waals surface area contributed by atoms with Crippen LogP contribution in [0.3, 0.4) is 0 Å². The molecule has 0 saturated carbocycles. The van der Waals surface area contributed by atoms with E-state index in [9.17, 15) is 4.79 Å². The first-order chi connectivity index (χ1) is 14.8. The van der Waals surface area contributed by atoms with Gasteiger partial charge >= 0.3 is 6.09 Å². The molecule has 0 aromatic carbocycles. The standard InChI is InChI=1S/C23H32N4O4/c1-22(2,3)31-21(28)26-14-18-4-5-19(15-26)27(18)20-24-12-17(13-25-20)16-6-8-23(9-7-16)29-10-11-30-23/h6,12-13,18-19H,4-5,7-11,14-15H2,1-3H3. The Morgan fingerprint density at radius 3 is 2.32 bits per heavy atom. The number of allylic oxidation sites excluding steroid dienone is 1. The van der Waals surface area contributed by atoms with Gasteiger partial charge in [-0.2, -0.15) is 0 Å². The van der Waals surface area contributed by atoms with E-state index >= 15 is 0 Å². The first kappa shape index (κ1) is 20.7. The van der Waals surface area contributed by atoms with Gasteiger partial charge in [0, 0.05) is 43.9 Å². The Labute approximate surface area is 183 Å². The van der Waals surface area contributed by atoms with Crippen LogP contribution in [0.2, 0.25) is 0 Å². The number of nitrogens with zero attached hydrogens (tertiary/aromatic N) is 4. The van der Waals surface area contributed by atoms with Crippen LogP contribution < -0.4 is 4.90 Å². The summed E-state index contributed by atoms with van der Waals surface area (Å²) in [5.41, 5.74) is 1.85. The van der Waals surface area contributed by atoms with Crippen LogP contribution in [-0.4, -0.2) is 70.7 Å². The Morgan fingerprint density at radius 1 is 1.13 bits per heavy atom. The average Bonchev–Trinajstić information content (AvgIpc) is 3.29. The van der Waals surface area contributed by atoms with Crippen molar-refractivity contribution in [2.24, 2.45) is 0 Å². The van der Waals surface area contributed by atoms with Gasteiger partial charge in [-0.25, -0.2) is 14.8 Å². The van der Waals surface area contributed by atoms with Crippen molar-refractivity contribution >= 4 is 17.6 Å². The van der Waals surface area contributed by atoms with Gasteiger partial charge in [0.1, 0.15) is 5.60 Å². The topological polar surface area (TPSA) is 77.0 Å². The normalized spacial score (nSPS) is 27.5. The quantitative estimate of drug-likeness (QED) is 0.715. The summed E-state index contributed by atoms with van der Waals surface area (Å²) in [4.78, 5) is 26.1. The number of ether oxygens (including phenoxy) is 3. The number of carbonyl (C=O) groups excluding carboxylic acids is 1. The first-order valence-electron chi connectivity index (χ1n) is 11.4. The lowest BCUT2D eigenvalue weighted by Crippen LogP contribution is -2.56. The van der Waals surface area contributed by atoms with Gasteiger partial charge in [-0.05, 0) is 45.6 Å². The van der Waals surface area contributed by atoms with Crippen LogP contribution in [0, 0.1) is 0 Å². The van der Waals surface area contributed by atoms with Crippen molar-refractivity contribution in [2.45, 2.75) is 76.3 Å². The molecule has 4 aliphatic rings. The lowest BCUT2D eigenvalue weighted by atomic mass is 9.91. The number of piperazine rings is 1. The number of anilines is 1. The molecule has 1 aromatic rings. The van der Waals surface area contributed by atoms with Crippen molar-refractivity contribution in [1.82, 2.24) is 14.9 Å². The fourth-order valence-corrected chi connectivity index (χ4v) is 5.15. The van der Waals surface area contributed by atoms with E-state index in [2.05, 4.69) is 11.0 Å². The van der Waals surface area contributed by atoms with Crippen molar-refractivity contribution in [3.05, 3.63) is 24.0 Å². The number of aromatic nitrogens is 2. The number of fused-ring (bicyclic) bond motifs is 2. The second kappa shape index (κ2) is 7.74. The van der Waals surface area contributed by atoms with Gasteiger partial charge in [0.2, 0.25) is 5.95 Å². The summed E-state index contributed by atoms with van der Waals surface area (Å²) in [6.45, 7) is 8.39. The fourth-order valence-electron chi connectivity index (χ4n) is 5.15. The molecule has 0 N–H and O–H groups in total. The molecule has 2 atom stereocenters. The van der Waals surface area contributed by atoms with Crippen LogP contribution in [0.5, 0.6) is 0 Å². The minimum atomic E-state index is -0.477. The van der Waals surface area contributed by atoms with Gasteiger partial charge in [-0.15, -0.1) is 0 Å². The summed E-state index contributed by atoms with van der Waals surface area (Å²) in [5, 5.41) is 0. The number of carbonyl (C=O) groups is 1. The fraction of sp³-hybridized carbons (Fsp3) is 0.696. The predicted molar refractivity (Wildman–Crippen MR) is 116 cm³/mol. The van der Waals surface area contributed by atoms with Crippen LogP contribution in [0.1, 0.15) is 58.4 Å². The second-order valence-electron chi connectivity index (χ2n) is 9.99. The van der Waals surface area contributed by atoms with Crippen molar-refractivity contribution in [3.8, 4) is 0 Å². The van der Waals surface area contributed by atoms with Crippen LogP contribution in [-0.2, 0) is 14.2 Å². The summed E-state index contributed by atoms with van der Waals surface area (Å²) in [7, 11) is 0. The molecule has 3 fully saturated rings. The van der Waals surface area contributed by atoms with Crippen LogP contribution in [0.4, 0.5) is 10.7 Å². The van der Waals surface area contributed by atoms with Crippen LogP contribution >= 0.6 is 0 Å². The van der Waals surface area contributed by atoms with Crippen molar-refractivity contribution < 1.29 is 19.0 Å². The highest BCUT2D eigenvalue weighted by atomic mass is 16.7. The minimum absolute atomic E-state index is 0.224. The van der Waals surface area contributed by atoms with E-state index in [1.165, 1.54) is 5.57 Å². The SMILES string of the molecule is CC(C)(C)OC(=O)N1CC2CCC(C1)N2c1ncc(C2=CCC3(CC2)OCCO3)cn1. The molecule has 8 nitrogen and oxygen atoms in total. The third-order valence-electron chi connectivity index (χ3n) is 6.62. The Hall–Kier alpha value is -2.19. The molecule has 8 heteroatoms. The molecule has 4 heterocycles. The van der Waals surface area contributed by atoms with Crippen LogP contribution in [0.25, 0.3) is 5.57 Å². The number of rotatable bonds is 2. The van der Waals surface area contributed by atoms with Gasteiger partial charge in [-0.1, -0.05) is 6.08 Å². The number of hydrogen-bond donors (Lipinski definition) is 0. The van der Waals surface area contributed by atoms with Gasteiger partial charge in [0.15, 0.2) is 5.79 Å². The summed E-state index contributed by atoms with van der Waals surface area (Å²) >= 11 is 0. The smallest absolute Gasteiger partial charge is 0.410 e. The first-order valence-corrected chi connectivity index (χ1v) is 11.4. The summed E-state index contributed by atoms with van der Waals surface area (Å²) < 4.78 is 17.2. The monoisotopic (exact) mass is 428 g/mol. The predicted octanol–water partition coefficient (Wildman–Crippen LogP) is 3.38. The van der Waals surface area contributed by atoms with E-state index in [1.54, 1.807) is 0 Å². The highest BCUT2D eigenvalue weighted by Gasteiger charge is 2.43. The van der Waals surface area contributed by atoms with Crippen molar-refractivity contribution in [3.63, 3.8) is 0 Å². The van der Waals surface area contributed by atoms with Gasteiger partial charge in [-0.3, -0.25) is 0 Å². The lowest BCUT2D eigenvalue weighted by molar-refractivity contribution is -0.159. The molecule has 3 aliphatic heterocycles. The van der Waals surface area contributed by atoms with E-state index in [0.717, 1.165) is 43.6 Å². The highest BCUT2D eigenvalue weighted by molar-refractivity contribution is 5.69. The maximum atomic E-state index is 12.5. The molecule has 1 spiro atoms. The molecular formula is C23H32N4O4. The molecule has 1 aliphatic carbocycles. The second-order valence-corrected chi connectivity index (χ2v) is 9.99. The van der Waals surface area contributed by atoms with Gasteiger partial charge in [0.25, 0.3) is 0 Å². The number of likely N-dealkylation sites (tertiary alicyclic amines) is 1. The van der Waals surface area contributed by atoms with Crippen molar-refractivity contribution in [2.75, 3.05) is 31.2 Å². The van der Waals surface area contributed by atoms with E-state index in [4.69, 9.17) is 24.2 Å². The molecule has 1 amide bonds. The molecule has 168 valence electrons. The summed E-state index contributed by atoms with van der Waals surface area (Å²) in [6, 6.07) is 0.477. The van der Waals surface area contributed by atoms with E-state index in [1.807, 2.05) is 38.1 Å². The molecule has 31 heavy (non-hydrogen) atoms. The Balaban J connectivity index is 1.25. The lowest BCUT2D eigenvalue weighted by Gasteiger charge is -2.41. The van der Waals surface area contributed by atoms with Gasteiger partial charge in [0.05, 0.1) is 25.3 Å². The Kier molecular flexibility index (Phi) is 5.17. The zero-order valence-electron chi connectivity index (χ0n) is 18.7. The van der Waals surface area contributed by atoms with Gasteiger partial charge < -0.3 is 24.0 Å². The third-order valence-corrected chi connectivity index (χ3v) is 6.62. The third kappa shape index (κ3) is 4.15. The maximum absolute atomic E-state index is 12.5. The number of amides is 1. The minimum Gasteiger partial charge on any atom is -0.444 e. The molecule has 2 bridgehead atoms. The Morgan fingerprint density at radius 2 is 1.77 bits per heavy atom. The molecular weight excluding hydrogens is 396 g/mol. The largest absolute Gasteiger partial charge is 0.444 e. The van der Waals surface area contributed by atoms with E-state index < -0.39 is 11.4 Å². The molecule has 2 unspecified atom stereocenters. The zero-order chi connectivity index (χ0) is 21.6. The molecule has 5 rings (SSSR count). The van der Waals surface area contributed by atoms with E-state index in [0.29, 0.717) is 26.3 Å². The zero-order valence-corrected chi connectivity index (χ0v) is 18.7. The summed E-state index contributed by atoms with van der Waals surface area (Å²) in [5.74, 6) is 0.354. The molecule has 3 saturated heterocycles. The summed E-state index contributed by atoms with van der Waals surface area (Å²) in [6.07, 6.45) is 10.5. The maximum Gasteiger partial charge on any atom is 0.410 e. The van der Waals surface area contributed by atoms with Crippen molar-refractivity contribution in [1.29, 1.82) is 0 Å². The Bertz CT molecular complexity index is 843. The van der Waals surface area contributed by atoms with Crippen LogP contribution in [0.15, 0.2) is 18.5 Å². The average molecular weight is 429 g/mol.